The molecule has 0 N–H and O–H groups in total. The molecule has 0 aliphatic heterocycles. The molecule has 0 aromatic carbocycles. The van der Waals surface area contributed by atoms with Gasteiger partial charge in [-0.3, -0.25) is 4.79 Å². The first-order valence-corrected chi connectivity index (χ1v) is 11.3. The molecule has 0 amide bonds. The first-order chi connectivity index (χ1) is 8.45. The van der Waals surface area contributed by atoms with Crippen molar-refractivity contribution in [1.29, 1.82) is 0 Å². The van der Waals surface area contributed by atoms with Gasteiger partial charge >= 0.3 is 0 Å². The van der Waals surface area contributed by atoms with Crippen LogP contribution in [0.3, 0.4) is 0 Å². The van der Waals surface area contributed by atoms with Gasteiger partial charge in [0.1, 0.15) is 5.78 Å². The van der Waals surface area contributed by atoms with E-state index in [4.69, 9.17) is 0 Å². The van der Waals surface area contributed by atoms with E-state index in [0.29, 0.717) is 5.78 Å². The molecule has 0 aromatic heterocycles. The van der Waals surface area contributed by atoms with Crippen LogP contribution in [0.5, 0.6) is 0 Å². The second kappa shape index (κ2) is 10.5. The molecule has 0 atom stereocenters. The molecule has 0 aromatic rings. The van der Waals surface area contributed by atoms with Crippen molar-refractivity contribution in [3.05, 3.63) is 12.7 Å². The van der Waals surface area contributed by atoms with E-state index < -0.39 is 8.07 Å². The van der Waals surface area contributed by atoms with Crippen LogP contribution < -0.4 is 0 Å². The summed E-state index contributed by atoms with van der Waals surface area (Å²) in [5.41, 5.74) is 0. The van der Waals surface area contributed by atoms with Gasteiger partial charge in [0, 0.05) is 20.9 Å². The SMILES string of the molecule is C=CCCCCCCCCC(=O)CC[Si](C)(C)C. The normalized spacial score (nSPS) is 11.5. The van der Waals surface area contributed by atoms with Gasteiger partial charge < -0.3 is 0 Å². The van der Waals surface area contributed by atoms with Crippen molar-refractivity contribution in [2.24, 2.45) is 0 Å². The lowest BCUT2D eigenvalue weighted by atomic mass is 10.1. The Balaban J connectivity index is 3.28. The number of carbonyl (C=O) groups excluding carboxylic acids is 1. The molecule has 0 radical (unpaired) electrons. The molecule has 0 fully saturated rings. The van der Waals surface area contributed by atoms with Gasteiger partial charge in [-0.25, -0.2) is 0 Å². The van der Waals surface area contributed by atoms with Crippen molar-refractivity contribution < 1.29 is 4.79 Å². The third-order valence-corrected chi connectivity index (χ3v) is 5.02. The number of allylic oxidation sites excluding steroid dienone is 1. The highest BCUT2D eigenvalue weighted by molar-refractivity contribution is 6.76. The number of Topliss-reactive ketones (excluding diaryl/α,β-unsaturated/α-hetero) is 1. The van der Waals surface area contributed by atoms with Crippen molar-refractivity contribution in [2.75, 3.05) is 0 Å². The first kappa shape index (κ1) is 17.6. The van der Waals surface area contributed by atoms with Crippen LogP contribution in [0.4, 0.5) is 0 Å². The molecular formula is C16H32OSi. The monoisotopic (exact) mass is 268 g/mol. The average molecular weight is 269 g/mol. The van der Waals surface area contributed by atoms with Gasteiger partial charge in [0.2, 0.25) is 0 Å². The van der Waals surface area contributed by atoms with E-state index in [1.165, 1.54) is 32.1 Å². The maximum absolute atomic E-state index is 11.7. The van der Waals surface area contributed by atoms with Crippen molar-refractivity contribution >= 4 is 13.9 Å². The van der Waals surface area contributed by atoms with Crippen LogP contribution in [0.2, 0.25) is 25.7 Å². The maximum atomic E-state index is 11.7. The van der Waals surface area contributed by atoms with Crippen LogP contribution in [-0.2, 0) is 4.79 Å². The van der Waals surface area contributed by atoms with E-state index >= 15 is 0 Å². The molecule has 18 heavy (non-hydrogen) atoms. The molecule has 0 unspecified atom stereocenters. The Bertz CT molecular complexity index is 228. The number of hydrogen-bond donors (Lipinski definition) is 0. The molecule has 0 saturated carbocycles. The molecule has 106 valence electrons. The summed E-state index contributed by atoms with van der Waals surface area (Å²) in [5.74, 6) is 0.490. The van der Waals surface area contributed by atoms with Gasteiger partial charge in [0.05, 0.1) is 0 Å². The summed E-state index contributed by atoms with van der Waals surface area (Å²) in [6.07, 6.45) is 12.3. The van der Waals surface area contributed by atoms with E-state index in [1.807, 2.05) is 6.08 Å². The van der Waals surface area contributed by atoms with Crippen molar-refractivity contribution in [1.82, 2.24) is 0 Å². The number of unbranched alkanes of at least 4 members (excludes halogenated alkanes) is 6. The van der Waals surface area contributed by atoms with Crippen LogP contribution in [0, 0.1) is 0 Å². The predicted octanol–water partition coefficient (Wildman–Crippen LogP) is 5.59. The fraction of sp³-hybridized carbons (Fsp3) is 0.812. The van der Waals surface area contributed by atoms with Gasteiger partial charge in [-0.15, -0.1) is 6.58 Å². The Kier molecular flexibility index (Phi) is 10.3. The summed E-state index contributed by atoms with van der Waals surface area (Å²) in [6.45, 7) is 10.7. The van der Waals surface area contributed by atoms with Crippen LogP contribution in [0.25, 0.3) is 0 Å². The Morgan fingerprint density at radius 1 is 0.944 bits per heavy atom. The number of rotatable bonds is 12. The summed E-state index contributed by atoms with van der Waals surface area (Å²) in [6, 6.07) is 1.16. The van der Waals surface area contributed by atoms with E-state index in [2.05, 4.69) is 26.2 Å². The summed E-state index contributed by atoms with van der Waals surface area (Å²) in [4.78, 5) is 11.7. The highest BCUT2D eigenvalue weighted by atomic mass is 28.3. The minimum absolute atomic E-state index is 0.490. The summed E-state index contributed by atoms with van der Waals surface area (Å²) < 4.78 is 0. The molecule has 1 nitrogen and oxygen atoms in total. The number of ketones is 1. The zero-order valence-electron chi connectivity index (χ0n) is 12.8. The highest BCUT2D eigenvalue weighted by Gasteiger charge is 2.14. The molecule has 0 saturated heterocycles. The molecular weight excluding hydrogens is 236 g/mol. The van der Waals surface area contributed by atoms with Crippen LogP contribution in [0.1, 0.15) is 57.8 Å². The van der Waals surface area contributed by atoms with E-state index in [0.717, 1.165) is 31.7 Å². The molecule has 0 aliphatic rings. The fourth-order valence-corrected chi connectivity index (χ4v) is 2.99. The van der Waals surface area contributed by atoms with E-state index in [9.17, 15) is 4.79 Å². The minimum atomic E-state index is -1.02. The smallest absolute Gasteiger partial charge is 0.132 e. The molecule has 0 heterocycles. The predicted molar refractivity (Wildman–Crippen MR) is 84.9 cm³/mol. The lowest BCUT2D eigenvalue weighted by Crippen LogP contribution is -2.20. The zero-order chi connectivity index (χ0) is 13.9. The summed E-state index contributed by atoms with van der Waals surface area (Å²) >= 11 is 0. The Labute approximate surface area is 115 Å². The maximum Gasteiger partial charge on any atom is 0.132 e. The number of carbonyl (C=O) groups is 1. The van der Waals surface area contributed by atoms with Gasteiger partial charge in [-0.1, -0.05) is 57.4 Å². The van der Waals surface area contributed by atoms with E-state index in [-0.39, 0.29) is 0 Å². The third-order valence-electron chi connectivity index (χ3n) is 3.27. The van der Waals surface area contributed by atoms with Crippen molar-refractivity contribution in [3.8, 4) is 0 Å². The van der Waals surface area contributed by atoms with Gasteiger partial charge in [0.25, 0.3) is 0 Å². The molecule has 0 aliphatic carbocycles. The van der Waals surface area contributed by atoms with Gasteiger partial charge in [0.15, 0.2) is 0 Å². The van der Waals surface area contributed by atoms with Crippen molar-refractivity contribution in [2.45, 2.75) is 83.5 Å². The topological polar surface area (TPSA) is 17.1 Å². The lowest BCUT2D eigenvalue weighted by molar-refractivity contribution is -0.118. The standard InChI is InChI=1S/C16H32OSi/c1-5-6-7-8-9-10-11-12-13-16(17)14-15-18(2,3)4/h5H,1,6-15H2,2-4H3. The lowest BCUT2D eigenvalue weighted by Gasteiger charge is -2.14. The second-order valence-electron chi connectivity index (χ2n) is 6.55. The van der Waals surface area contributed by atoms with Crippen LogP contribution in [-0.4, -0.2) is 13.9 Å². The van der Waals surface area contributed by atoms with Gasteiger partial charge in [-0.05, 0) is 19.3 Å². The van der Waals surface area contributed by atoms with Crippen LogP contribution in [0.15, 0.2) is 12.7 Å². The molecule has 0 spiro atoms. The van der Waals surface area contributed by atoms with Gasteiger partial charge in [-0.2, -0.15) is 0 Å². The summed E-state index contributed by atoms with van der Waals surface area (Å²) in [5, 5.41) is 0. The fourth-order valence-electron chi connectivity index (χ4n) is 1.96. The Morgan fingerprint density at radius 2 is 1.50 bits per heavy atom. The quantitative estimate of drug-likeness (QED) is 0.256. The molecule has 2 heteroatoms. The second-order valence-corrected chi connectivity index (χ2v) is 12.2. The Hall–Kier alpha value is -0.373. The number of hydrogen-bond acceptors (Lipinski definition) is 1. The average Bonchev–Trinajstić information content (AvgIpc) is 2.29. The van der Waals surface area contributed by atoms with E-state index in [1.54, 1.807) is 0 Å². The minimum Gasteiger partial charge on any atom is -0.300 e. The largest absolute Gasteiger partial charge is 0.300 e. The zero-order valence-corrected chi connectivity index (χ0v) is 13.8. The highest BCUT2D eigenvalue weighted by Crippen LogP contribution is 2.14. The van der Waals surface area contributed by atoms with Crippen LogP contribution >= 0.6 is 0 Å². The summed E-state index contributed by atoms with van der Waals surface area (Å²) in [7, 11) is -1.02. The molecule has 0 rings (SSSR count). The van der Waals surface area contributed by atoms with Crippen molar-refractivity contribution in [3.63, 3.8) is 0 Å². The Morgan fingerprint density at radius 3 is 2.06 bits per heavy atom. The third kappa shape index (κ3) is 13.7. The molecule has 0 bridgehead atoms. The first-order valence-electron chi connectivity index (χ1n) is 7.58.